The number of fused-ring (bicyclic) bond motifs is 1. The summed E-state index contributed by atoms with van der Waals surface area (Å²) in [7, 11) is 0. The number of aromatic nitrogens is 2. The Morgan fingerprint density at radius 1 is 1.00 bits per heavy atom. The highest BCUT2D eigenvalue weighted by Crippen LogP contribution is 2.27. The maximum atomic E-state index is 13.3. The van der Waals surface area contributed by atoms with Crippen molar-refractivity contribution in [2.24, 2.45) is 0 Å². The molecule has 1 aromatic heterocycles. The molecule has 0 N–H and O–H groups in total. The zero-order valence-electron chi connectivity index (χ0n) is 14.8. The molecule has 0 bridgehead atoms. The molecule has 140 valence electrons. The fraction of sp³-hybridized carbons (Fsp3) is 0.0909. The fourth-order valence-electron chi connectivity index (χ4n) is 2.94. The third kappa shape index (κ3) is 3.96. The summed E-state index contributed by atoms with van der Waals surface area (Å²) in [6, 6.07) is 21.4. The largest absolute Gasteiger partial charge is 0.283 e. The van der Waals surface area contributed by atoms with Crippen molar-refractivity contribution in [3.63, 3.8) is 0 Å². The van der Waals surface area contributed by atoms with Gasteiger partial charge in [-0.25, -0.2) is 9.37 Å². The fourth-order valence-corrected chi connectivity index (χ4v) is 4.26. The number of thioether (sulfide) groups is 1. The molecule has 0 atom stereocenters. The van der Waals surface area contributed by atoms with Crippen LogP contribution in [0.25, 0.3) is 10.9 Å². The summed E-state index contributed by atoms with van der Waals surface area (Å²) >= 11 is 7.56. The van der Waals surface area contributed by atoms with Crippen molar-refractivity contribution >= 4 is 34.3 Å². The molecule has 0 saturated carbocycles. The van der Waals surface area contributed by atoms with E-state index in [2.05, 4.69) is 0 Å². The summed E-state index contributed by atoms with van der Waals surface area (Å²) in [6.45, 7) is 0.428. The molecule has 0 radical (unpaired) electrons. The highest BCUT2D eigenvalue weighted by molar-refractivity contribution is 7.98. The minimum atomic E-state index is -0.372. The molecule has 1 heterocycles. The molecule has 0 saturated heterocycles. The summed E-state index contributed by atoms with van der Waals surface area (Å²) in [4.78, 5) is 17.8. The Labute approximate surface area is 170 Å². The molecule has 6 heteroatoms. The number of hydrogen-bond acceptors (Lipinski definition) is 3. The van der Waals surface area contributed by atoms with E-state index in [9.17, 15) is 9.18 Å². The lowest BCUT2D eigenvalue weighted by atomic mass is 10.2. The van der Waals surface area contributed by atoms with Crippen molar-refractivity contribution in [1.29, 1.82) is 0 Å². The minimum absolute atomic E-state index is 0.0813. The smallest absolute Gasteiger partial charge is 0.262 e. The third-order valence-electron chi connectivity index (χ3n) is 4.38. The van der Waals surface area contributed by atoms with Gasteiger partial charge in [-0.15, -0.1) is 0 Å². The summed E-state index contributed by atoms with van der Waals surface area (Å²) in [6.07, 6.45) is 0. The van der Waals surface area contributed by atoms with Gasteiger partial charge < -0.3 is 0 Å². The molecule has 0 aliphatic heterocycles. The van der Waals surface area contributed by atoms with Gasteiger partial charge in [0.05, 0.1) is 17.4 Å². The average Bonchev–Trinajstić information content (AvgIpc) is 2.71. The van der Waals surface area contributed by atoms with Gasteiger partial charge in [-0.05, 0) is 35.4 Å². The molecule has 3 nitrogen and oxygen atoms in total. The standard InChI is InChI=1S/C22H16ClFN2OS/c23-19-12-17(24)11-10-16(19)14-28-22-25-20-9-5-4-8-18(20)21(27)26(22)13-15-6-2-1-3-7-15/h1-12H,13-14H2. The van der Waals surface area contributed by atoms with Gasteiger partial charge in [0.15, 0.2) is 5.16 Å². The van der Waals surface area contributed by atoms with Gasteiger partial charge in [0.1, 0.15) is 5.82 Å². The highest BCUT2D eigenvalue weighted by Gasteiger charge is 2.13. The second kappa shape index (κ2) is 8.17. The van der Waals surface area contributed by atoms with Crippen LogP contribution in [0.3, 0.4) is 0 Å². The van der Waals surface area contributed by atoms with Gasteiger partial charge in [0, 0.05) is 10.8 Å². The van der Waals surface area contributed by atoms with Gasteiger partial charge in [0.2, 0.25) is 0 Å². The first-order valence-corrected chi connectivity index (χ1v) is 10.1. The topological polar surface area (TPSA) is 34.9 Å². The molecule has 0 unspecified atom stereocenters. The quantitative estimate of drug-likeness (QED) is 0.320. The predicted molar refractivity (Wildman–Crippen MR) is 113 cm³/mol. The van der Waals surface area contributed by atoms with Crippen LogP contribution < -0.4 is 5.56 Å². The van der Waals surface area contributed by atoms with E-state index >= 15 is 0 Å². The van der Waals surface area contributed by atoms with Crippen LogP contribution in [0.15, 0.2) is 82.7 Å². The number of para-hydroxylation sites is 1. The van der Waals surface area contributed by atoms with Crippen LogP contribution in [0.4, 0.5) is 4.39 Å². The Morgan fingerprint density at radius 3 is 2.54 bits per heavy atom. The normalized spacial score (nSPS) is 11.1. The number of benzene rings is 3. The Bertz CT molecular complexity index is 1190. The van der Waals surface area contributed by atoms with Gasteiger partial charge >= 0.3 is 0 Å². The van der Waals surface area contributed by atoms with Crippen molar-refractivity contribution in [3.05, 3.63) is 105 Å². The molecule has 0 fully saturated rings. The van der Waals surface area contributed by atoms with E-state index in [1.807, 2.05) is 48.5 Å². The number of rotatable bonds is 5. The second-order valence-electron chi connectivity index (χ2n) is 6.31. The van der Waals surface area contributed by atoms with Gasteiger partial charge in [-0.3, -0.25) is 9.36 Å². The monoisotopic (exact) mass is 410 g/mol. The number of halogens is 2. The van der Waals surface area contributed by atoms with E-state index in [1.54, 1.807) is 16.7 Å². The van der Waals surface area contributed by atoms with E-state index in [4.69, 9.17) is 16.6 Å². The molecule has 0 aliphatic carbocycles. The number of nitrogens with zero attached hydrogens (tertiary/aromatic N) is 2. The first kappa shape index (κ1) is 18.7. The molecule has 3 aromatic carbocycles. The van der Waals surface area contributed by atoms with Crippen LogP contribution in [-0.2, 0) is 12.3 Å². The van der Waals surface area contributed by atoms with Gasteiger partial charge in [0.25, 0.3) is 5.56 Å². The molecular weight excluding hydrogens is 395 g/mol. The summed E-state index contributed by atoms with van der Waals surface area (Å²) in [5.41, 5.74) is 2.39. The first-order chi connectivity index (χ1) is 13.6. The lowest BCUT2D eigenvalue weighted by Crippen LogP contribution is -2.24. The van der Waals surface area contributed by atoms with Gasteiger partial charge in [-0.1, -0.05) is 71.9 Å². The van der Waals surface area contributed by atoms with E-state index in [0.29, 0.717) is 33.4 Å². The van der Waals surface area contributed by atoms with Crippen molar-refractivity contribution < 1.29 is 4.39 Å². The summed E-state index contributed by atoms with van der Waals surface area (Å²) < 4.78 is 15.0. The molecule has 4 rings (SSSR count). The Hall–Kier alpha value is -2.63. The highest BCUT2D eigenvalue weighted by atomic mass is 35.5. The average molecular weight is 411 g/mol. The SMILES string of the molecule is O=c1c2ccccc2nc(SCc2ccc(F)cc2Cl)n1Cc1ccccc1. The molecule has 4 aromatic rings. The molecule has 28 heavy (non-hydrogen) atoms. The van der Waals surface area contributed by atoms with Crippen LogP contribution in [-0.4, -0.2) is 9.55 Å². The van der Waals surface area contributed by atoms with E-state index < -0.39 is 0 Å². The van der Waals surface area contributed by atoms with Gasteiger partial charge in [-0.2, -0.15) is 0 Å². The first-order valence-electron chi connectivity index (χ1n) is 8.72. The predicted octanol–water partition coefficient (Wildman–Crippen LogP) is 5.53. The lowest BCUT2D eigenvalue weighted by Gasteiger charge is -2.13. The van der Waals surface area contributed by atoms with E-state index in [-0.39, 0.29) is 11.4 Å². The van der Waals surface area contributed by atoms with Crippen molar-refractivity contribution in [2.45, 2.75) is 17.5 Å². The molecule has 0 spiro atoms. The lowest BCUT2D eigenvalue weighted by molar-refractivity contribution is 0.627. The molecular formula is C22H16ClFN2OS. The Kier molecular flexibility index (Phi) is 5.46. The molecule has 0 aliphatic rings. The summed E-state index contributed by atoms with van der Waals surface area (Å²) in [5.74, 6) is 0.113. The zero-order chi connectivity index (χ0) is 19.5. The van der Waals surface area contributed by atoms with Crippen molar-refractivity contribution in [3.8, 4) is 0 Å². The number of hydrogen-bond donors (Lipinski definition) is 0. The van der Waals surface area contributed by atoms with Crippen LogP contribution in [0.5, 0.6) is 0 Å². The van der Waals surface area contributed by atoms with Crippen LogP contribution in [0.1, 0.15) is 11.1 Å². The maximum absolute atomic E-state index is 13.3. The Balaban J connectivity index is 1.74. The van der Waals surface area contributed by atoms with Crippen LogP contribution in [0, 0.1) is 5.82 Å². The van der Waals surface area contributed by atoms with Crippen molar-refractivity contribution in [2.75, 3.05) is 0 Å². The third-order valence-corrected chi connectivity index (χ3v) is 5.76. The second-order valence-corrected chi connectivity index (χ2v) is 7.66. The summed E-state index contributed by atoms with van der Waals surface area (Å²) in [5, 5.41) is 1.56. The van der Waals surface area contributed by atoms with Crippen LogP contribution in [0.2, 0.25) is 5.02 Å². The van der Waals surface area contributed by atoms with Crippen molar-refractivity contribution in [1.82, 2.24) is 9.55 Å². The van der Waals surface area contributed by atoms with E-state index in [1.165, 1.54) is 23.9 Å². The van der Waals surface area contributed by atoms with Crippen LogP contribution >= 0.6 is 23.4 Å². The maximum Gasteiger partial charge on any atom is 0.262 e. The Morgan fingerprint density at radius 2 is 1.75 bits per heavy atom. The minimum Gasteiger partial charge on any atom is -0.283 e. The van der Waals surface area contributed by atoms with E-state index in [0.717, 1.165) is 11.1 Å². The zero-order valence-corrected chi connectivity index (χ0v) is 16.4. The molecule has 0 amide bonds.